The number of nitrogens with one attached hydrogen (secondary N) is 1. The zero-order valence-electron chi connectivity index (χ0n) is 15.1. The van der Waals surface area contributed by atoms with Crippen LogP contribution in [0.2, 0.25) is 5.02 Å². The third-order valence-corrected chi connectivity index (χ3v) is 5.34. The van der Waals surface area contributed by atoms with E-state index in [2.05, 4.69) is 21.8 Å². The number of carbonyl (C=O) groups excluding carboxylic acids is 1. The molecule has 0 bridgehead atoms. The largest absolute Gasteiger partial charge is 0.336 e. The Morgan fingerprint density at radius 2 is 1.74 bits per heavy atom. The molecule has 2 aromatic carbocycles. The highest BCUT2D eigenvalue weighted by molar-refractivity contribution is 7.92. The number of anilines is 1. The molecule has 27 heavy (non-hydrogen) atoms. The van der Waals surface area contributed by atoms with Gasteiger partial charge in [0.2, 0.25) is 10.0 Å². The maximum Gasteiger partial charge on any atom is 0.255 e. The van der Waals surface area contributed by atoms with Crippen LogP contribution in [0.4, 0.5) is 5.69 Å². The van der Waals surface area contributed by atoms with Crippen molar-refractivity contribution in [2.75, 3.05) is 37.2 Å². The van der Waals surface area contributed by atoms with E-state index in [-0.39, 0.29) is 5.91 Å². The van der Waals surface area contributed by atoms with Gasteiger partial charge in [0.25, 0.3) is 5.91 Å². The summed E-state index contributed by atoms with van der Waals surface area (Å²) in [7, 11) is -3.42. The lowest BCUT2D eigenvalue weighted by Crippen LogP contribution is -2.48. The zero-order valence-corrected chi connectivity index (χ0v) is 16.6. The highest BCUT2D eigenvalue weighted by atomic mass is 35.5. The van der Waals surface area contributed by atoms with Gasteiger partial charge in [0.15, 0.2) is 0 Å². The number of piperazine rings is 1. The van der Waals surface area contributed by atoms with Gasteiger partial charge in [-0.2, -0.15) is 0 Å². The number of hydrogen-bond acceptors (Lipinski definition) is 4. The predicted octanol–water partition coefficient (Wildman–Crippen LogP) is 2.67. The van der Waals surface area contributed by atoms with Gasteiger partial charge in [0.1, 0.15) is 0 Å². The summed E-state index contributed by atoms with van der Waals surface area (Å²) in [5.41, 5.74) is 1.88. The molecule has 0 radical (unpaired) electrons. The van der Waals surface area contributed by atoms with Crippen LogP contribution in [0, 0.1) is 0 Å². The minimum absolute atomic E-state index is 0.184. The first kappa shape index (κ1) is 19.7. The lowest BCUT2D eigenvalue weighted by Gasteiger charge is -2.35. The zero-order chi connectivity index (χ0) is 19.4. The van der Waals surface area contributed by atoms with E-state index >= 15 is 0 Å². The molecule has 0 spiro atoms. The minimum atomic E-state index is -3.42. The molecule has 144 valence electrons. The van der Waals surface area contributed by atoms with Crippen LogP contribution in [0.15, 0.2) is 48.5 Å². The van der Waals surface area contributed by atoms with Crippen molar-refractivity contribution in [3.63, 3.8) is 0 Å². The van der Waals surface area contributed by atoms with Gasteiger partial charge in [-0.1, -0.05) is 41.9 Å². The smallest absolute Gasteiger partial charge is 0.255 e. The van der Waals surface area contributed by atoms with Crippen LogP contribution in [-0.4, -0.2) is 56.6 Å². The van der Waals surface area contributed by atoms with E-state index in [4.69, 9.17) is 11.6 Å². The van der Waals surface area contributed by atoms with Crippen molar-refractivity contribution in [1.29, 1.82) is 0 Å². The molecule has 0 unspecified atom stereocenters. The van der Waals surface area contributed by atoms with Crippen molar-refractivity contribution in [3.05, 3.63) is 64.7 Å². The number of halogens is 1. The summed E-state index contributed by atoms with van der Waals surface area (Å²) in [4.78, 5) is 16.9. The first-order chi connectivity index (χ1) is 12.8. The van der Waals surface area contributed by atoms with Crippen LogP contribution < -0.4 is 4.72 Å². The standard InChI is InChI=1S/C19H22ClN3O3S/c1-27(25,26)21-16-7-8-18(20)17(13-16)19(24)23-11-9-22(10-12-23)14-15-5-3-2-4-6-15/h2-8,13,21H,9-12,14H2,1H3. The predicted molar refractivity (Wildman–Crippen MR) is 108 cm³/mol. The van der Waals surface area contributed by atoms with Crippen molar-refractivity contribution in [2.24, 2.45) is 0 Å². The number of carbonyl (C=O) groups is 1. The second kappa shape index (κ2) is 8.29. The fourth-order valence-electron chi connectivity index (χ4n) is 3.09. The Morgan fingerprint density at radius 1 is 1.07 bits per heavy atom. The van der Waals surface area contributed by atoms with E-state index in [0.29, 0.717) is 29.4 Å². The molecule has 1 amide bonds. The molecule has 0 aromatic heterocycles. The Balaban J connectivity index is 1.64. The van der Waals surface area contributed by atoms with Crippen LogP contribution in [0.3, 0.4) is 0 Å². The van der Waals surface area contributed by atoms with E-state index in [1.807, 2.05) is 18.2 Å². The van der Waals surface area contributed by atoms with E-state index in [9.17, 15) is 13.2 Å². The summed E-state index contributed by atoms with van der Waals surface area (Å²) in [6, 6.07) is 14.8. The fraction of sp³-hybridized carbons (Fsp3) is 0.316. The van der Waals surface area contributed by atoms with Crippen LogP contribution >= 0.6 is 11.6 Å². The van der Waals surface area contributed by atoms with Gasteiger partial charge in [-0.15, -0.1) is 0 Å². The Labute approximate surface area is 164 Å². The van der Waals surface area contributed by atoms with Gasteiger partial charge in [-0.05, 0) is 23.8 Å². The van der Waals surface area contributed by atoms with Gasteiger partial charge < -0.3 is 4.90 Å². The normalized spacial score (nSPS) is 15.6. The molecule has 1 fully saturated rings. The first-order valence-corrected chi connectivity index (χ1v) is 10.9. The molecule has 1 saturated heterocycles. The molecule has 2 aromatic rings. The van der Waals surface area contributed by atoms with E-state index in [1.54, 1.807) is 4.90 Å². The third-order valence-electron chi connectivity index (χ3n) is 4.41. The topological polar surface area (TPSA) is 69.7 Å². The lowest BCUT2D eigenvalue weighted by molar-refractivity contribution is 0.0628. The van der Waals surface area contributed by atoms with E-state index < -0.39 is 10.0 Å². The van der Waals surface area contributed by atoms with Crippen LogP contribution in [0.5, 0.6) is 0 Å². The van der Waals surface area contributed by atoms with Gasteiger partial charge in [-0.3, -0.25) is 14.4 Å². The van der Waals surface area contributed by atoms with Crippen LogP contribution in [-0.2, 0) is 16.6 Å². The molecule has 0 saturated carbocycles. The number of benzene rings is 2. The van der Waals surface area contributed by atoms with Gasteiger partial charge >= 0.3 is 0 Å². The highest BCUT2D eigenvalue weighted by Crippen LogP contribution is 2.23. The maximum atomic E-state index is 12.8. The van der Waals surface area contributed by atoms with E-state index in [0.717, 1.165) is 25.9 Å². The molecule has 0 aliphatic carbocycles. The maximum absolute atomic E-state index is 12.8. The molecule has 1 aliphatic rings. The quantitative estimate of drug-likeness (QED) is 0.827. The molecular formula is C19H22ClN3O3S. The second-order valence-electron chi connectivity index (χ2n) is 6.62. The van der Waals surface area contributed by atoms with Gasteiger partial charge in [-0.25, -0.2) is 8.42 Å². The minimum Gasteiger partial charge on any atom is -0.336 e. The average molecular weight is 408 g/mol. The third kappa shape index (κ3) is 5.45. The van der Waals surface area contributed by atoms with Crippen LogP contribution in [0.1, 0.15) is 15.9 Å². The van der Waals surface area contributed by atoms with Gasteiger partial charge in [0, 0.05) is 38.4 Å². The molecule has 0 atom stereocenters. The van der Waals surface area contributed by atoms with Crippen molar-refractivity contribution in [3.8, 4) is 0 Å². The Morgan fingerprint density at radius 3 is 2.37 bits per heavy atom. The number of amides is 1. The number of hydrogen-bond donors (Lipinski definition) is 1. The fourth-order valence-corrected chi connectivity index (χ4v) is 3.84. The Kier molecular flexibility index (Phi) is 6.04. The molecule has 3 rings (SSSR count). The first-order valence-electron chi connectivity index (χ1n) is 8.65. The summed E-state index contributed by atoms with van der Waals surface area (Å²) in [6.45, 7) is 3.62. The van der Waals surface area contributed by atoms with Crippen molar-refractivity contribution < 1.29 is 13.2 Å². The van der Waals surface area contributed by atoms with Crippen molar-refractivity contribution >= 4 is 33.2 Å². The monoisotopic (exact) mass is 407 g/mol. The summed E-state index contributed by atoms with van der Waals surface area (Å²) >= 11 is 6.18. The second-order valence-corrected chi connectivity index (χ2v) is 8.78. The summed E-state index contributed by atoms with van der Waals surface area (Å²) in [5, 5.41) is 0.311. The van der Waals surface area contributed by atoms with Crippen molar-refractivity contribution in [1.82, 2.24) is 9.80 Å². The SMILES string of the molecule is CS(=O)(=O)Nc1ccc(Cl)c(C(=O)N2CCN(Cc3ccccc3)CC2)c1. The molecular weight excluding hydrogens is 386 g/mol. The summed E-state index contributed by atoms with van der Waals surface area (Å²) in [5.74, 6) is -0.184. The Hall–Kier alpha value is -2.09. The molecule has 1 N–H and O–H groups in total. The van der Waals surface area contributed by atoms with E-state index in [1.165, 1.54) is 23.8 Å². The van der Waals surface area contributed by atoms with Crippen LogP contribution in [0.25, 0.3) is 0 Å². The Bertz CT molecular complexity index is 911. The summed E-state index contributed by atoms with van der Waals surface area (Å²) < 4.78 is 25.2. The van der Waals surface area contributed by atoms with Gasteiger partial charge in [0.05, 0.1) is 16.8 Å². The number of nitrogens with zero attached hydrogens (tertiary/aromatic N) is 2. The molecule has 1 aliphatic heterocycles. The highest BCUT2D eigenvalue weighted by Gasteiger charge is 2.24. The molecule has 8 heteroatoms. The molecule has 1 heterocycles. The number of rotatable bonds is 5. The number of sulfonamides is 1. The molecule has 6 nitrogen and oxygen atoms in total. The van der Waals surface area contributed by atoms with Crippen molar-refractivity contribution in [2.45, 2.75) is 6.54 Å². The average Bonchev–Trinajstić information content (AvgIpc) is 2.63. The summed E-state index contributed by atoms with van der Waals surface area (Å²) in [6.07, 6.45) is 1.06. The lowest BCUT2D eigenvalue weighted by atomic mass is 10.1.